The van der Waals surface area contributed by atoms with Gasteiger partial charge in [0.2, 0.25) is 12.6 Å². The van der Waals surface area contributed by atoms with Gasteiger partial charge in [0.15, 0.2) is 23.0 Å². The smallest absolute Gasteiger partial charge is 0.231 e. The van der Waals surface area contributed by atoms with Crippen LogP contribution in [0.3, 0.4) is 0 Å². The lowest BCUT2D eigenvalue weighted by Crippen LogP contribution is -2.31. The summed E-state index contributed by atoms with van der Waals surface area (Å²) in [6.45, 7) is 1.61. The number of Topliss-reactive ketones (excluding diaryl/α,β-unsaturated/α-hetero) is 1. The first-order chi connectivity index (χ1) is 16.7. The second kappa shape index (κ2) is 10.3. The molecule has 0 atom stereocenters. The van der Waals surface area contributed by atoms with Crippen molar-refractivity contribution in [2.45, 2.75) is 51.0 Å². The third-order valence-electron chi connectivity index (χ3n) is 6.44. The van der Waals surface area contributed by atoms with Crippen LogP contribution >= 0.6 is 0 Å². The van der Waals surface area contributed by atoms with Crippen LogP contribution in [0.4, 0.5) is 0 Å². The van der Waals surface area contributed by atoms with E-state index in [1.165, 1.54) is 38.2 Å². The van der Waals surface area contributed by atoms with Crippen LogP contribution in [0.1, 0.15) is 65.7 Å². The van der Waals surface area contributed by atoms with Crippen LogP contribution in [0.25, 0.3) is 0 Å². The number of hydrogen-bond donors (Lipinski definition) is 1. The van der Waals surface area contributed by atoms with Crippen LogP contribution in [0, 0.1) is 0 Å². The number of benzene rings is 2. The van der Waals surface area contributed by atoms with E-state index in [2.05, 4.69) is 5.32 Å². The monoisotopic (exact) mass is 463 g/mol. The molecule has 2 aromatic rings. The minimum atomic E-state index is -0.352. The first kappa shape index (κ1) is 22.5. The molecule has 0 bridgehead atoms. The molecule has 34 heavy (non-hydrogen) atoms. The van der Waals surface area contributed by atoms with Crippen LogP contribution in [0.5, 0.6) is 23.0 Å². The van der Waals surface area contributed by atoms with Crippen LogP contribution < -0.4 is 24.3 Å². The predicted octanol–water partition coefficient (Wildman–Crippen LogP) is 4.84. The molecule has 5 rings (SSSR count). The van der Waals surface area contributed by atoms with Gasteiger partial charge in [-0.25, -0.2) is 0 Å². The van der Waals surface area contributed by atoms with Gasteiger partial charge in [-0.2, -0.15) is 0 Å². The summed E-state index contributed by atoms with van der Waals surface area (Å²) in [4.78, 5) is 26.0. The maximum atomic E-state index is 13.1. The Morgan fingerprint density at radius 2 is 1.82 bits per heavy atom. The quantitative estimate of drug-likeness (QED) is 0.533. The SMILES string of the molecule is O=C1C(Oc2ccc3c(c2)OCO3)=CC(=O)c2c(OCCCCNC3CCCCC3)cccc21. The highest BCUT2D eigenvalue weighted by Gasteiger charge is 2.30. The number of nitrogens with one attached hydrogen (secondary N) is 1. The van der Waals surface area contributed by atoms with E-state index >= 15 is 0 Å². The van der Waals surface area contributed by atoms with Crippen molar-refractivity contribution in [1.29, 1.82) is 0 Å². The Bertz CT molecular complexity index is 1100. The van der Waals surface area contributed by atoms with Crippen molar-refractivity contribution >= 4 is 11.6 Å². The zero-order chi connectivity index (χ0) is 23.3. The van der Waals surface area contributed by atoms with Crippen molar-refractivity contribution in [2.75, 3.05) is 19.9 Å². The summed E-state index contributed by atoms with van der Waals surface area (Å²) in [5.41, 5.74) is 0.588. The Labute approximate surface area is 199 Å². The number of carbonyl (C=O) groups is 2. The summed E-state index contributed by atoms with van der Waals surface area (Å²) in [5.74, 6) is 1.31. The van der Waals surface area contributed by atoms with E-state index in [0.29, 0.717) is 46.8 Å². The third kappa shape index (κ3) is 4.94. The lowest BCUT2D eigenvalue weighted by molar-refractivity contribution is 0.0944. The first-order valence-electron chi connectivity index (χ1n) is 12.1. The van der Waals surface area contributed by atoms with Gasteiger partial charge < -0.3 is 24.3 Å². The van der Waals surface area contributed by atoms with E-state index in [4.69, 9.17) is 18.9 Å². The van der Waals surface area contributed by atoms with Crippen molar-refractivity contribution in [1.82, 2.24) is 5.32 Å². The van der Waals surface area contributed by atoms with Crippen LogP contribution in [-0.2, 0) is 0 Å². The van der Waals surface area contributed by atoms with E-state index in [-0.39, 0.29) is 24.1 Å². The molecule has 7 nitrogen and oxygen atoms in total. The van der Waals surface area contributed by atoms with Gasteiger partial charge in [-0.1, -0.05) is 25.3 Å². The molecule has 0 spiro atoms. The molecular formula is C27H29NO6. The topological polar surface area (TPSA) is 83.1 Å². The molecule has 2 aliphatic carbocycles. The Morgan fingerprint density at radius 1 is 0.971 bits per heavy atom. The van der Waals surface area contributed by atoms with E-state index < -0.39 is 0 Å². The van der Waals surface area contributed by atoms with Gasteiger partial charge in [0.05, 0.1) is 12.2 Å². The molecule has 3 aliphatic rings. The molecule has 1 saturated carbocycles. The van der Waals surface area contributed by atoms with E-state index in [1.807, 2.05) is 0 Å². The van der Waals surface area contributed by atoms with E-state index in [1.54, 1.807) is 36.4 Å². The molecule has 0 unspecified atom stereocenters. The highest BCUT2D eigenvalue weighted by atomic mass is 16.7. The number of unbranched alkanes of at least 4 members (excludes halogenated alkanes) is 1. The van der Waals surface area contributed by atoms with Crippen molar-refractivity contribution < 1.29 is 28.5 Å². The summed E-state index contributed by atoms with van der Waals surface area (Å²) in [6, 6.07) is 10.8. The molecule has 1 fully saturated rings. The molecule has 1 N–H and O–H groups in total. The largest absolute Gasteiger partial charge is 0.493 e. The molecule has 178 valence electrons. The molecular weight excluding hydrogens is 434 g/mol. The fraction of sp³-hybridized carbons (Fsp3) is 0.407. The summed E-state index contributed by atoms with van der Waals surface area (Å²) in [5, 5.41) is 3.63. The van der Waals surface area contributed by atoms with Crippen molar-refractivity contribution in [3.63, 3.8) is 0 Å². The average molecular weight is 464 g/mol. The third-order valence-corrected chi connectivity index (χ3v) is 6.44. The molecule has 1 aliphatic heterocycles. The summed E-state index contributed by atoms with van der Waals surface area (Å²) >= 11 is 0. The first-order valence-corrected chi connectivity index (χ1v) is 12.1. The Hall–Kier alpha value is -3.32. The van der Waals surface area contributed by atoms with Gasteiger partial charge in [-0.05, 0) is 56.5 Å². The van der Waals surface area contributed by atoms with Gasteiger partial charge in [-0.3, -0.25) is 9.59 Å². The van der Waals surface area contributed by atoms with Crippen molar-refractivity contribution in [3.05, 3.63) is 59.4 Å². The lowest BCUT2D eigenvalue weighted by atomic mass is 9.92. The van der Waals surface area contributed by atoms with Crippen LogP contribution in [0.2, 0.25) is 0 Å². The normalized spacial score (nSPS) is 17.4. The van der Waals surface area contributed by atoms with Crippen molar-refractivity contribution in [3.8, 4) is 23.0 Å². The number of ether oxygens (including phenoxy) is 4. The van der Waals surface area contributed by atoms with Gasteiger partial charge in [-0.15, -0.1) is 0 Å². The second-order valence-corrected chi connectivity index (χ2v) is 8.84. The highest BCUT2D eigenvalue weighted by molar-refractivity contribution is 6.24. The molecule has 0 saturated heterocycles. The summed E-state index contributed by atoms with van der Waals surface area (Å²) in [7, 11) is 0. The number of carbonyl (C=O) groups excluding carboxylic acids is 2. The molecule has 0 aromatic heterocycles. The highest BCUT2D eigenvalue weighted by Crippen LogP contribution is 2.37. The number of ketones is 2. The van der Waals surface area contributed by atoms with Crippen LogP contribution in [-0.4, -0.2) is 37.6 Å². The zero-order valence-electron chi connectivity index (χ0n) is 19.1. The zero-order valence-corrected chi connectivity index (χ0v) is 19.1. The Balaban J connectivity index is 1.18. The molecule has 1 heterocycles. The molecule has 0 amide bonds. The maximum absolute atomic E-state index is 13.1. The van der Waals surface area contributed by atoms with Gasteiger partial charge >= 0.3 is 0 Å². The minimum absolute atomic E-state index is 0.0256. The number of allylic oxidation sites excluding steroid dienone is 2. The lowest BCUT2D eigenvalue weighted by Gasteiger charge is -2.22. The second-order valence-electron chi connectivity index (χ2n) is 8.84. The summed E-state index contributed by atoms with van der Waals surface area (Å²) in [6.07, 6.45) is 9.67. The van der Waals surface area contributed by atoms with Gasteiger partial charge in [0, 0.05) is 23.7 Å². The fourth-order valence-electron chi connectivity index (χ4n) is 4.65. The van der Waals surface area contributed by atoms with E-state index in [0.717, 1.165) is 19.4 Å². The predicted molar refractivity (Wildman–Crippen MR) is 126 cm³/mol. The van der Waals surface area contributed by atoms with E-state index in [9.17, 15) is 9.59 Å². The number of rotatable bonds is 9. The molecule has 2 aromatic carbocycles. The molecule has 0 radical (unpaired) electrons. The van der Waals surface area contributed by atoms with Crippen LogP contribution in [0.15, 0.2) is 48.2 Å². The fourth-order valence-corrected chi connectivity index (χ4v) is 4.65. The maximum Gasteiger partial charge on any atom is 0.231 e. The Kier molecular flexibility index (Phi) is 6.81. The average Bonchev–Trinajstić information content (AvgIpc) is 3.33. The number of fused-ring (bicyclic) bond motifs is 2. The van der Waals surface area contributed by atoms with Gasteiger partial charge in [0.1, 0.15) is 11.5 Å². The Morgan fingerprint density at radius 3 is 2.71 bits per heavy atom. The van der Waals surface area contributed by atoms with Crippen molar-refractivity contribution in [2.24, 2.45) is 0 Å². The minimum Gasteiger partial charge on any atom is -0.493 e. The number of hydrogen-bond acceptors (Lipinski definition) is 7. The summed E-state index contributed by atoms with van der Waals surface area (Å²) < 4.78 is 22.3. The molecule has 7 heteroatoms. The standard InChI is InChI=1S/C27H29NO6/c29-21-16-25(34-19-11-12-22-24(15-19)33-17-32-22)27(30)20-9-6-10-23(26(20)21)31-14-5-4-13-28-18-7-2-1-3-8-18/h6,9-12,15-16,18,28H,1-5,7-8,13-14,17H2. The van der Waals surface area contributed by atoms with Gasteiger partial charge in [0.25, 0.3) is 0 Å².